The van der Waals surface area contributed by atoms with E-state index in [-0.39, 0.29) is 25.2 Å². The molecule has 0 saturated carbocycles. The van der Waals surface area contributed by atoms with E-state index in [1.54, 1.807) is 34.6 Å². The summed E-state index contributed by atoms with van der Waals surface area (Å²) >= 11 is 1.57. The number of nitrogens with zero attached hydrogens (tertiary/aromatic N) is 6. The fourth-order valence-electron chi connectivity index (χ4n) is 2.84. The van der Waals surface area contributed by atoms with Crippen LogP contribution in [-0.2, 0) is 14.4 Å². The van der Waals surface area contributed by atoms with Gasteiger partial charge in [-0.2, -0.15) is 0 Å². The van der Waals surface area contributed by atoms with Gasteiger partial charge in [0, 0.05) is 12.7 Å². The summed E-state index contributed by atoms with van der Waals surface area (Å²) in [4.78, 5) is 31.5. The zero-order valence-corrected chi connectivity index (χ0v) is 16.6. The van der Waals surface area contributed by atoms with Gasteiger partial charge < -0.3 is 19.3 Å². The Balaban J connectivity index is 1.26. The van der Waals surface area contributed by atoms with Gasteiger partial charge in [0.15, 0.2) is 6.61 Å². The molecule has 4 rings (SSSR count). The van der Waals surface area contributed by atoms with Crippen LogP contribution in [0.3, 0.4) is 0 Å². The average Bonchev–Trinajstić information content (AvgIpc) is 3.42. The average molecular weight is 416 g/mol. The van der Waals surface area contributed by atoms with Crippen molar-refractivity contribution in [3.05, 3.63) is 40.7 Å². The van der Waals surface area contributed by atoms with E-state index in [9.17, 15) is 4.79 Å². The molecule has 1 amide bonds. The zero-order valence-electron chi connectivity index (χ0n) is 15.8. The van der Waals surface area contributed by atoms with Crippen molar-refractivity contribution in [1.29, 1.82) is 0 Å². The molecule has 3 aromatic rings. The molecular formula is C18H20N6O4S. The molecule has 11 heteroatoms. The topological polar surface area (TPSA) is 104 Å². The van der Waals surface area contributed by atoms with Gasteiger partial charge in [0.2, 0.25) is 5.65 Å². The van der Waals surface area contributed by atoms with Crippen molar-refractivity contribution in [2.75, 3.05) is 32.9 Å². The van der Waals surface area contributed by atoms with Gasteiger partial charge in [-0.1, -0.05) is 16.1 Å². The smallest absolute Gasteiger partial charge is 0.263 e. The van der Waals surface area contributed by atoms with Crippen LogP contribution in [0, 0.1) is 0 Å². The first-order chi connectivity index (χ1) is 14.2. The zero-order chi connectivity index (χ0) is 20.1. The lowest BCUT2D eigenvalue weighted by molar-refractivity contribution is -0.146. The summed E-state index contributed by atoms with van der Waals surface area (Å²) in [7, 11) is 0. The monoisotopic (exact) mass is 416 g/mol. The summed E-state index contributed by atoms with van der Waals surface area (Å²) < 4.78 is 5.69. The number of aromatic nitrogens is 4. The highest BCUT2D eigenvalue weighted by atomic mass is 32.1. The molecule has 0 spiro atoms. The number of ether oxygens (including phenoxy) is 1. The van der Waals surface area contributed by atoms with E-state index in [0.717, 1.165) is 10.6 Å². The molecule has 152 valence electrons. The standard InChI is InChI=1S/C18H20N6O4S/c1-13(16-5-3-9-29-16)21-27-12-17(25)23-7-8-26-14(10-23)11-28-24-18-15(20-22-24)4-2-6-19-18/h2-6,9,14H,7-8,10-12H2,1H3. The summed E-state index contributed by atoms with van der Waals surface area (Å²) in [5, 5.41) is 13.9. The van der Waals surface area contributed by atoms with Crippen LogP contribution >= 0.6 is 11.3 Å². The quantitative estimate of drug-likeness (QED) is 0.418. The highest BCUT2D eigenvalue weighted by Crippen LogP contribution is 2.11. The Kier molecular flexibility index (Phi) is 5.96. The van der Waals surface area contributed by atoms with Gasteiger partial charge in [0.1, 0.15) is 18.2 Å². The van der Waals surface area contributed by atoms with Crippen molar-refractivity contribution in [1.82, 2.24) is 25.0 Å². The van der Waals surface area contributed by atoms with Gasteiger partial charge in [-0.3, -0.25) is 4.79 Å². The fraction of sp³-hybridized carbons (Fsp3) is 0.389. The normalized spacial score (nSPS) is 17.5. The van der Waals surface area contributed by atoms with Crippen molar-refractivity contribution in [3.63, 3.8) is 0 Å². The number of oxime groups is 1. The number of rotatable bonds is 7. The number of morpholine rings is 1. The fourth-order valence-corrected chi connectivity index (χ4v) is 3.51. The molecule has 1 fully saturated rings. The number of hydrogen-bond donors (Lipinski definition) is 0. The lowest BCUT2D eigenvalue weighted by atomic mass is 10.3. The Morgan fingerprint density at radius 1 is 1.41 bits per heavy atom. The number of carbonyl (C=O) groups excluding carboxylic acids is 1. The van der Waals surface area contributed by atoms with Crippen LogP contribution in [0.5, 0.6) is 0 Å². The predicted molar refractivity (Wildman–Crippen MR) is 106 cm³/mol. The Bertz CT molecular complexity index is 989. The number of fused-ring (bicyclic) bond motifs is 1. The maximum Gasteiger partial charge on any atom is 0.263 e. The molecule has 0 bridgehead atoms. The molecule has 1 atom stereocenters. The van der Waals surface area contributed by atoms with E-state index >= 15 is 0 Å². The molecule has 29 heavy (non-hydrogen) atoms. The van der Waals surface area contributed by atoms with Gasteiger partial charge >= 0.3 is 0 Å². The largest absolute Gasteiger partial charge is 0.391 e. The summed E-state index contributed by atoms with van der Waals surface area (Å²) in [5.41, 5.74) is 1.92. The summed E-state index contributed by atoms with van der Waals surface area (Å²) in [5.74, 6) is -0.145. The molecule has 1 aliphatic rings. The van der Waals surface area contributed by atoms with E-state index in [4.69, 9.17) is 14.4 Å². The van der Waals surface area contributed by atoms with Crippen LogP contribution in [0.2, 0.25) is 0 Å². The van der Waals surface area contributed by atoms with Crippen LogP contribution in [0.4, 0.5) is 0 Å². The second kappa shape index (κ2) is 8.97. The Hall–Kier alpha value is -3.05. The summed E-state index contributed by atoms with van der Waals surface area (Å²) in [6.45, 7) is 3.27. The van der Waals surface area contributed by atoms with Crippen LogP contribution < -0.4 is 4.84 Å². The summed E-state index contributed by atoms with van der Waals surface area (Å²) in [6, 6.07) is 7.48. The maximum absolute atomic E-state index is 12.4. The van der Waals surface area contributed by atoms with E-state index in [1.807, 2.05) is 24.4 Å². The van der Waals surface area contributed by atoms with Gasteiger partial charge in [-0.25, -0.2) is 4.98 Å². The van der Waals surface area contributed by atoms with Crippen LogP contribution in [0.25, 0.3) is 11.2 Å². The molecular weight excluding hydrogens is 396 g/mol. The highest BCUT2D eigenvalue weighted by molar-refractivity contribution is 7.12. The molecule has 0 N–H and O–H groups in total. The lowest BCUT2D eigenvalue weighted by Crippen LogP contribution is -2.49. The first-order valence-electron chi connectivity index (χ1n) is 9.10. The first kappa shape index (κ1) is 19.3. The predicted octanol–water partition coefficient (Wildman–Crippen LogP) is 0.985. The Labute approximate surface area is 170 Å². The van der Waals surface area contributed by atoms with Crippen molar-refractivity contribution in [2.45, 2.75) is 13.0 Å². The third-order valence-corrected chi connectivity index (χ3v) is 5.30. The van der Waals surface area contributed by atoms with Gasteiger partial charge in [0.05, 0.1) is 23.7 Å². The van der Waals surface area contributed by atoms with Crippen molar-refractivity contribution in [2.24, 2.45) is 5.16 Å². The molecule has 10 nitrogen and oxygen atoms in total. The van der Waals surface area contributed by atoms with Crippen LogP contribution in [-0.4, -0.2) is 75.7 Å². The first-order valence-corrected chi connectivity index (χ1v) is 9.98. The third-order valence-electron chi connectivity index (χ3n) is 4.32. The SMILES string of the molecule is CC(=NOCC(=O)N1CCOC(COn2nnc3cccnc32)C1)c1cccs1. The van der Waals surface area contributed by atoms with E-state index in [0.29, 0.717) is 30.9 Å². The molecule has 1 aliphatic heterocycles. The lowest BCUT2D eigenvalue weighted by Gasteiger charge is -2.32. The minimum Gasteiger partial charge on any atom is -0.391 e. The van der Waals surface area contributed by atoms with E-state index < -0.39 is 0 Å². The van der Waals surface area contributed by atoms with E-state index in [1.165, 1.54) is 4.85 Å². The van der Waals surface area contributed by atoms with Gasteiger partial charge in [-0.05, 0) is 35.7 Å². The summed E-state index contributed by atoms with van der Waals surface area (Å²) in [6.07, 6.45) is 1.36. The molecule has 1 saturated heterocycles. The van der Waals surface area contributed by atoms with Crippen LogP contribution in [0.15, 0.2) is 41.0 Å². The molecule has 0 aliphatic carbocycles. The molecule has 4 heterocycles. The molecule has 1 unspecified atom stereocenters. The van der Waals surface area contributed by atoms with Gasteiger partial charge in [0.25, 0.3) is 5.91 Å². The second-order valence-electron chi connectivity index (χ2n) is 6.36. The molecule has 0 radical (unpaired) electrons. The number of thiophene rings is 1. The van der Waals surface area contributed by atoms with E-state index in [2.05, 4.69) is 20.5 Å². The van der Waals surface area contributed by atoms with Crippen LogP contribution in [0.1, 0.15) is 11.8 Å². The van der Waals surface area contributed by atoms with Crippen molar-refractivity contribution in [3.8, 4) is 0 Å². The maximum atomic E-state index is 12.4. The van der Waals surface area contributed by atoms with Crippen molar-refractivity contribution < 1.29 is 19.2 Å². The number of hydrogen-bond acceptors (Lipinski definition) is 9. The Morgan fingerprint density at radius 3 is 3.21 bits per heavy atom. The number of amides is 1. The van der Waals surface area contributed by atoms with Gasteiger partial charge in [-0.15, -0.1) is 16.4 Å². The highest BCUT2D eigenvalue weighted by Gasteiger charge is 2.25. The third kappa shape index (κ3) is 4.69. The minimum absolute atomic E-state index is 0.117. The molecule has 0 aromatic carbocycles. The Morgan fingerprint density at radius 2 is 2.34 bits per heavy atom. The number of carbonyl (C=O) groups is 1. The minimum atomic E-state index is -0.285. The van der Waals surface area contributed by atoms with Crippen molar-refractivity contribution >= 4 is 34.1 Å². The second-order valence-corrected chi connectivity index (χ2v) is 7.31. The number of pyridine rings is 1. The molecule has 3 aromatic heterocycles.